The van der Waals surface area contributed by atoms with E-state index >= 15 is 0 Å². The lowest BCUT2D eigenvalue weighted by Crippen LogP contribution is -2.50. The molecule has 1 atom stereocenters. The van der Waals surface area contributed by atoms with Crippen molar-refractivity contribution in [2.45, 2.75) is 25.9 Å². The Labute approximate surface area is 114 Å². The Morgan fingerprint density at radius 2 is 1.95 bits per heavy atom. The minimum Gasteiger partial charge on any atom is -0.497 e. The molecule has 0 aromatic heterocycles. The van der Waals surface area contributed by atoms with Crippen LogP contribution in [-0.2, 0) is 4.79 Å². The van der Waals surface area contributed by atoms with Crippen molar-refractivity contribution in [3.8, 4) is 5.75 Å². The second-order valence-corrected chi connectivity index (χ2v) is 4.85. The van der Waals surface area contributed by atoms with Crippen molar-refractivity contribution in [2.24, 2.45) is 5.73 Å². The van der Waals surface area contributed by atoms with Gasteiger partial charge in [-0.25, -0.2) is 0 Å². The Morgan fingerprint density at radius 1 is 1.37 bits per heavy atom. The van der Waals surface area contributed by atoms with Crippen LogP contribution in [0, 0.1) is 0 Å². The number of anilines is 1. The molecule has 0 fully saturated rings. The van der Waals surface area contributed by atoms with Crippen LogP contribution in [0.5, 0.6) is 5.75 Å². The van der Waals surface area contributed by atoms with Gasteiger partial charge in [-0.3, -0.25) is 4.79 Å². The summed E-state index contributed by atoms with van der Waals surface area (Å²) in [6.45, 7) is 4.51. The van der Waals surface area contributed by atoms with Gasteiger partial charge in [0.25, 0.3) is 0 Å². The zero-order chi connectivity index (χ0) is 14.4. The standard InChI is InChI=1S/C14H23N3O2/c1-10(2)16-13(14(15)18)9-17(3)11-5-7-12(19-4)8-6-11/h5-8,10,13,16H,9H2,1-4H3,(H2,15,18). The fraction of sp³-hybridized carbons (Fsp3) is 0.500. The Hall–Kier alpha value is -1.75. The van der Waals surface area contributed by atoms with Gasteiger partial charge in [0.1, 0.15) is 11.8 Å². The molecule has 106 valence electrons. The Morgan fingerprint density at radius 3 is 2.37 bits per heavy atom. The van der Waals surface area contributed by atoms with Gasteiger partial charge in [-0.15, -0.1) is 0 Å². The minimum atomic E-state index is -0.368. The van der Waals surface area contributed by atoms with Crippen LogP contribution in [0.1, 0.15) is 13.8 Å². The molecule has 0 aliphatic rings. The third-order valence-electron chi connectivity index (χ3n) is 2.85. The second-order valence-electron chi connectivity index (χ2n) is 4.85. The highest BCUT2D eigenvalue weighted by Gasteiger charge is 2.18. The molecular weight excluding hydrogens is 242 g/mol. The Balaban J connectivity index is 2.69. The molecule has 1 unspecified atom stereocenters. The fourth-order valence-corrected chi connectivity index (χ4v) is 1.84. The Bertz CT molecular complexity index is 404. The number of ether oxygens (including phenoxy) is 1. The first-order valence-corrected chi connectivity index (χ1v) is 6.34. The first kappa shape index (κ1) is 15.3. The first-order valence-electron chi connectivity index (χ1n) is 6.34. The van der Waals surface area contributed by atoms with Crippen molar-refractivity contribution >= 4 is 11.6 Å². The number of methoxy groups -OCH3 is 1. The van der Waals surface area contributed by atoms with Gasteiger partial charge in [-0.05, 0) is 24.3 Å². The highest BCUT2D eigenvalue weighted by atomic mass is 16.5. The fourth-order valence-electron chi connectivity index (χ4n) is 1.84. The number of nitrogens with one attached hydrogen (secondary N) is 1. The number of benzene rings is 1. The van der Waals surface area contributed by atoms with Gasteiger partial charge in [-0.2, -0.15) is 0 Å². The topological polar surface area (TPSA) is 67.6 Å². The first-order chi connectivity index (χ1) is 8.93. The highest BCUT2D eigenvalue weighted by molar-refractivity contribution is 5.80. The van der Waals surface area contributed by atoms with Gasteiger partial charge in [0.05, 0.1) is 7.11 Å². The monoisotopic (exact) mass is 265 g/mol. The number of hydrogen-bond acceptors (Lipinski definition) is 4. The lowest BCUT2D eigenvalue weighted by atomic mass is 10.2. The number of carbonyl (C=O) groups is 1. The van der Waals surface area contributed by atoms with Crippen molar-refractivity contribution in [3.63, 3.8) is 0 Å². The smallest absolute Gasteiger partial charge is 0.236 e. The second kappa shape index (κ2) is 6.99. The molecule has 0 spiro atoms. The van der Waals surface area contributed by atoms with Crippen LogP contribution in [0.15, 0.2) is 24.3 Å². The molecule has 1 aromatic rings. The number of likely N-dealkylation sites (N-methyl/N-ethyl adjacent to an activating group) is 1. The summed E-state index contributed by atoms with van der Waals surface area (Å²) in [5.41, 5.74) is 6.42. The average Bonchev–Trinajstić information content (AvgIpc) is 2.37. The molecule has 1 rings (SSSR count). The van der Waals surface area contributed by atoms with Gasteiger partial charge in [0.2, 0.25) is 5.91 Å². The van der Waals surface area contributed by atoms with E-state index in [-0.39, 0.29) is 18.0 Å². The molecule has 0 heterocycles. The zero-order valence-corrected chi connectivity index (χ0v) is 12.0. The Kier molecular flexibility index (Phi) is 5.63. The molecule has 5 nitrogen and oxygen atoms in total. The summed E-state index contributed by atoms with van der Waals surface area (Å²) < 4.78 is 5.12. The van der Waals surface area contributed by atoms with Gasteiger partial charge in [0, 0.05) is 25.3 Å². The molecule has 0 saturated heterocycles. The third kappa shape index (κ3) is 4.79. The molecule has 3 N–H and O–H groups in total. The largest absolute Gasteiger partial charge is 0.497 e. The summed E-state index contributed by atoms with van der Waals surface area (Å²) >= 11 is 0. The molecule has 0 aliphatic heterocycles. The summed E-state index contributed by atoms with van der Waals surface area (Å²) in [6.07, 6.45) is 0. The van der Waals surface area contributed by atoms with E-state index < -0.39 is 0 Å². The molecule has 0 aliphatic carbocycles. The predicted molar refractivity (Wildman–Crippen MR) is 77.5 cm³/mol. The van der Waals surface area contributed by atoms with E-state index in [2.05, 4.69) is 5.32 Å². The normalized spacial score (nSPS) is 12.3. The zero-order valence-electron chi connectivity index (χ0n) is 12.0. The van der Waals surface area contributed by atoms with E-state index in [1.807, 2.05) is 50.1 Å². The van der Waals surface area contributed by atoms with Crippen LogP contribution >= 0.6 is 0 Å². The lowest BCUT2D eigenvalue weighted by molar-refractivity contribution is -0.119. The third-order valence-corrected chi connectivity index (χ3v) is 2.85. The molecule has 0 radical (unpaired) electrons. The van der Waals surface area contributed by atoms with Gasteiger partial charge >= 0.3 is 0 Å². The molecule has 0 saturated carbocycles. The number of primary amides is 1. The van der Waals surface area contributed by atoms with Crippen LogP contribution in [-0.4, -0.2) is 38.7 Å². The maximum Gasteiger partial charge on any atom is 0.236 e. The highest BCUT2D eigenvalue weighted by Crippen LogP contribution is 2.18. The number of amides is 1. The minimum absolute atomic E-state index is 0.210. The summed E-state index contributed by atoms with van der Waals surface area (Å²) in [5.74, 6) is 0.470. The quantitative estimate of drug-likeness (QED) is 0.771. The van der Waals surface area contributed by atoms with E-state index in [0.717, 1.165) is 11.4 Å². The predicted octanol–water partition coefficient (Wildman–Crippen LogP) is 0.983. The molecule has 0 bridgehead atoms. The number of nitrogens with zero attached hydrogens (tertiary/aromatic N) is 1. The van der Waals surface area contributed by atoms with Gasteiger partial charge < -0.3 is 20.7 Å². The molecule has 5 heteroatoms. The van der Waals surface area contributed by atoms with Crippen molar-refractivity contribution in [1.29, 1.82) is 0 Å². The van der Waals surface area contributed by atoms with Gasteiger partial charge in [0.15, 0.2) is 0 Å². The molecule has 1 amide bonds. The maximum atomic E-state index is 11.4. The van der Waals surface area contributed by atoms with Crippen LogP contribution in [0.3, 0.4) is 0 Å². The van der Waals surface area contributed by atoms with Crippen LogP contribution in [0.4, 0.5) is 5.69 Å². The summed E-state index contributed by atoms with van der Waals surface area (Å²) in [7, 11) is 3.56. The van der Waals surface area contributed by atoms with Crippen molar-refractivity contribution < 1.29 is 9.53 Å². The van der Waals surface area contributed by atoms with E-state index in [1.54, 1.807) is 7.11 Å². The molecule has 1 aromatic carbocycles. The van der Waals surface area contributed by atoms with Gasteiger partial charge in [-0.1, -0.05) is 13.8 Å². The SMILES string of the molecule is COc1ccc(N(C)CC(NC(C)C)C(N)=O)cc1. The summed E-state index contributed by atoms with van der Waals surface area (Å²) in [5, 5.41) is 3.16. The molecule has 19 heavy (non-hydrogen) atoms. The number of nitrogens with two attached hydrogens (primary N) is 1. The average molecular weight is 265 g/mol. The van der Waals surface area contributed by atoms with E-state index in [4.69, 9.17) is 10.5 Å². The van der Waals surface area contributed by atoms with E-state index in [1.165, 1.54) is 0 Å². The van der Waals surface area contributed by atoms with Crippen molar-refractivity contribution in [3.05, 3.63) is 24.3 Å². The summed E-state index contributed by atoms with van der Waals surface area (Å²) in [6, 6.07) is 7.52. The maximum absolute atomic E-state index is 11.4. The number of hydrogen-bond donors (Lipinski definition) is 2. The lowest BCUT2D eigenvalue weighted by Gasteiger charge is -2.26. The van der Waals surface area contributed by atoms with Crippen LogP contribution in [0.2, 0.25) is 0 Å². The number of carbonyl (C=O) groups excluding carboxylic acids is 1. The van der Waals surface area contributed by atoms with Crippen molar-refractivity contribution in [2.75, 3.05) is 25.6 Å². The van der Waals surface area contributed by atoms with E-state index in [0.29, 0.717) is 6.54 Å². The number of rotatable bonds is 7. The van der Waals surface area contributed by atoms with Crippen molar-refractivity contribution in [1.82, 2.24) is 5.32 Å². The van der Waals surface area contributed by atoms with E-state index in [9.17, 15) is 4.79 Å². The molecular formula is C14H23N3O2. The van der Waals surface area contributed by atoms with Crippen LogP contribution in [0.25, 0.3) is 0 Å². The van der Waals surface area contributed by atoms with Crippen LogP contribution < -0.4 is 20.7 Å². The summed E-state index contributed by atoms with van der Waals surface area (Å²) in [4.78, 5) is 13.4.